The molecule has 0 aromatic heterocycles. The van der Waals surface area contributed by atoms with E-state index in [2.05, 4.69) is 0 Å². The number of methoxy groups -OCH3 is 1. The van der Waals surface area contributed by atoms with Crippen LogP contribution in [-0.2, 0) is 14.3 Å². The Morgan fingerprint density at radius 1 is 1.43 bits per heavy atom. The van der Waals surface area contributed by atoms with E-state index in [0.717, 1.165) is 0 Å². The highest BCUT2D eigenvalue weighted by Crippen LogP contribution is 2.47. The molecule has 1 saturated carbocycles. The van der Waals surface area contributed by atoms with Crippen LogP contribution in [0.4, 0.5) is 0 Å². The van der Waals surface area contributed by atoms with E-state index >= 15 is 0 Å². The van der Waals surface area contributed by atoms with Crippen LogP contribution in [0.25, 0.3) is 0 Å². The molecule has 0 unspecified atom stereocenters. The van der Waals surface area contributed by atoms with Gasteiger partial charge in [0.25, 0.3) is 0 Å². The van der Waals surface area contributed by atoms with Gasteiger partial charge in [0.05, 0.1) is 13.0 Å². The van der Waals surface area contributed by atoms with Gasteiger partial charge in [-0.3, -0.25) is 19.7 Å². The second kappa shape index (κ2) is 6.03. The highest BCUT2D eigenvalue weighted by molar-refractivity contribution is 6.06. The number of esters is 1. The first-order valence-electron chi connectivity index (χ1n) is 6.81. The highest BCUT2D eigenvalue weighted by atomic mass is 16.6. The molecule has 21 heavy (non-hydrogen) atoms. The number of benzene rings is 1. The number of ether oxygens (including phenoxy) is 1. The van der Waals surface area contributed by atoms with Crippen LogP contribution >= 0.6 is 0 Å². The lowest BCUT2D eigenvalue weighted by molar-refractivity contribution is -0.485. The summed E-state index contributed by atoms with van der Waals surface area (Å²) in [5.74, 6) is -1.72. The van der Waals surface area contributed by atoms with Crippen LogP contribution in [0.2, 0.25) is 0 Å². The molecule has 1 aliphatic carbocycles. The molecule has 0 N–H and O–H groups in total. The van der Waals surface area contributed by atoms with Crippen molar-refractivity contribution in [3.63, 3.8) is 0 Å². The van der Waals surface area contributed by atoms with Crippen molar-refractivity contribution in [2.45, 2.75) is 25.2 Å². The van der Waals surface area contributed by atoms with Gasteiger partial charge in [0.15, 0.2) is 5.78 Å². The van der Waals surface area contributed by atoms with Gasteiger partial charge in [0.1, 0.15) is 5.41 Å². The molecule has 2 atom stereocenters. The summed E-state index contributed by atoms with van der Waals surface area (Å²) < 4.78 is 4.81. The first kappa shape index (κ1) is 15.2. The molecule has 0 heterocycles. The summed E-state index contributed by atoms with van der Waals surface area (Å²) in [7, 11) is 1.21. The molecule has 1 aromatic carbocycles. The molecule has 0 bridgehead atoms. The number of ketones is 1. The molecule has 2 rings (SSSR count). The summed E-state index contributed by atoms with van der Waals surface area (Å²) in [5, 5.41) is 11.0. The third-order valence-electron chi connectivity index (χ3n) is 4.15. The molecular weight excluding hydrogens is 274 g/mol. The maximum Gasteiger partial charge on any atom is 0.320 e. The third kappa shape index (κ3) is 2.66. The number of hydrogen-bond donors (Lipinski definition) is 0. The van der Waals surface area contributed by atoms with Crippen LogP contribution in [0.3, 0.4) is 0 Å². The zero-order valence-electron chi connectivity index (χ0n) is 11.8. The monoisotopic (exact) mass is 291 g/mol. The number of carbonyl (C=O) groups excluding carboxylic acids is 2. The Morgan fingerprint density at radius 3 is 2.57 bits per heavy atom. The van der Waals surface area contributed by atoms with Crippen LogP contribution in [0.1, 0.15) is 30.7 Å². The number of hydrogen-bond acceptors (Lipinski definition) is 5. The van der Waals surface area contributed by atoms with E-state index in [1.807, 2.05) is 0 Å². The van der Waals surface area contributed by atoms with Gasteiger partial charge in [-0.05, 0) is 18.4 Å². The fourth-order valence-corrected chi connectivity index (χ4v) is 3.18. The minimum atomic E-state index is -1.43. The molecule has 1 aromatic rings. The summed E-state index contributed by atoms with van der Waals surface area (Å²) >= 11 is 0. The topological polar surface area (TPSA) is 86.5 Å². The Kier molecular flexibility index (Phi) is 4.35. The van der Waals surface area contributed by atoms with Gasteiger partial charge in [0.2, 0.25) is 6.54 Å². The van der Waals surface area contributed by atoms with Gasteiger partial charge in [-0.15, -0.1) is 0 Å². The SMILES string of the molecule is COC(=O)[C@]1([C@@H](C[N+](=O)[O-])c2ccccc2)CCCC1=O. The Bertz CT molecular complexity index is 556. The number of Topliss-reactive ketones (excluding diaryl/α,β-unsaturated/α-hetero) is 1. The largest absolute Gasteiger partial charge is 0.468 e. The summed E-state index contributed by atoms with van der Waals surface area (Å²) in [5.41, 5.74) is -0.807. The Balaban J connectivity index is 2.53. The Morgan fingerprint density at radius 2 is 2.10 bits per heavy atom. The van der Waals surface area contributed by atoms with E-state index < -0.39 is 28.8 Å². The fraction of sp³-hybridized carbons (Fsp3) is 0.467. The van der Waals surface area contributed by atoms with Crippen molar-refractivity contribution in [1.29, 1.82) is 0 Å². The Labute approximate surface area is 122 Å². The molecule has 0 saturated heterocycles. The van der Waals surface area contributed by atoms with Crippen LogP contribution in [0.15, 0.2) is 30.3 Å². The van der Waals surface area contributed by atoms with Gasteiger partial charge in [-0.25, -0.2) is 0 Å². The fourth-order valence-electron chi connectivity index (χ4n) is 3.18. The lowest BCUT2D eigenvalue weighted by atomic mass is 9.70. The average molecular weight is 291 g/mol. The number of nitrogens with zero attached hydrogens (tertiary/aromatic N) is 1. The van der Waals surface area contributed by atoms with Crippen LogP contribution in [0, 0.1) is 15.5 Å². The minimum Gasteiger partial charge on any atom is -0.468 e. The molecule has 6 heteroatoms. The minimum absolute atomic E-state index is 0.259. The van der Waals surface area contributed by atoms with E-state index in [0.29, 0.717) is 18.4 Å². The maximum absolute atomic E-state index is 12.4. The van der Waals surface area contributed by atoms with Gasteiger partial charge < -0.3 is 4.74 Å². The van der Waals surface area contributed by atoms with Crippen molar-refractivity contribution in [2.24, 2.45) is 5.41 Å². The first-order chi connectivity index (χ1) is 10.0. The van der Waals surface area contributed by atoms with Gasteiger partial charge >= 0.3 is 5.97 Å². The maximum atomic E-state index is 12.4. The molecule has 6 nitrogen and oxygen atoms in total. The van der Waals surface area contributed by atoms with Crippen molar-refractivity contribution < 1.29 is 19.2 Å². The lowest BCUT2D eigenvalue weighted by Crippen LogP contribution is -2.44. The van der Waals surface area contributed by atoms with Crippen molar-refractivity contribution in [3.05, 3.63) is 46.0 Å². The van der Waals surface area contributed by atoms with Crippen molar-refractivity contribution >= 4 is 11.8 Å². The van der Waals surface area contributed by atoms with Crippen molar-refractivity contribution in [1.82, 2.24) is 0 Å². The zero-order chi connectivity index (χ0) is 15.5. The van der Waals surface area contributed by atoms with E-state index in [1.165, 1.54) is 7.11 Å². The number of rotatable bonds is 5. The number of nitro groups is 1. The van der Waals surface area contributed by atoms with Gasteiger partial charge in [0, 0.05) is 11.3 Å². The highest BCUT2D eigenvalue weighted by Gasteiger charge is 2.57. The smallest absolute Gasteiger partial charge is 0.320 e. The van der Waals surface area contributed by atoms with E-state index in [1.54, 1.807) is 30.3 Å². The van der Waals surface area contributed by atoms with Crippen LogP contribution in [0.5, 0.6) is 0 Å². The second-order valence-electron chi connectivity index (χ2n) is 5.22. The predicted molar refractivity (Wildman–Crippen MR) is 74.4 cm³/mol. The van der Waals surface area contributed by atoms with Crippen molar-refractivity contribution in [2.75, 3.05) is 13.7 Å². The molecule has 0 radical (unpaired) electrons. The third-order valence-corrected chi connectivity index (χ3v) is 4.15. The van der Waals surface area contributed by atoms with Crippen LogP contribution in [-0.4, -0.2) is 30.3 Å². The Hall–Kier alpha value is -2.24. The molecule has 1 fully saturated rings. The molecule has 0 aliphatic heterocycles. The molecular formula is C15H17NO5. The summed E-state index contributed by atoms with van der Waals surface area (Å²) in [6.07, 6.45) is 1.11. The van der Waals surface area contributed by atoms with E-state index in [9.17, 15) is 19.7 Å². The van der Waals surface area contributed by atoms with E-state index in [-0.39, 0.29) is 12.2 Å². The normalized spacial score (nSPS) is 22.8. The van der Waals surface area contributed by atoms with Gasteiger partial charge in [-0.1, -0.05) is 30.3 Å². The second-order valence-corrected chi connectivity index (χ2v) is 5.22. The average Bonchev–Trinajstić information content (AvgIpc) is 2.87. The molecule has 1 aliphatic rings. The standard InChI is InChI=1S/C15H17NO5/c1-21-14(18)15(9-5-8-13(15)17)12(10-16(19)20)11-6-3-2-4-7-11/h2-4,6-7,12H,5,8-10H2,1H3/t12-,15-/m0/s1. The van der Waals surface area contributed by atoms with Crippen LogP contribution < -0.4 is 0 Å². The quantitative estimate of drug-likeness (QED) is 0.358. The predicted octanol–water partition coefficient (Wildman–Crippen LogP) is 1.96. The lowest BCUT2D eigenvalue weighted by Gasteiger charge is -2.31. The summed E-state index contributed by atoms with van der Waals surface area (Å²) in [4.78, 5) is 35.2. The molecule has 0 spiro atoms. The summed E-state index contributed by atoms with van der Waals surface area (Å²) in [6, 6.07) is 8.70. The molecule has 0 amide bonds. The van der Waals surface area contributed by atoms with Gasteiger partial charge in [-0.2, -0.15) is 0 Å². The zero-order valence-corrected chi connectivity index (χ0v) is 11.8. The summed E-state index contributed by atoms with van der Waals surface area (Å²) in [6.45, 7) is -0.467. The van der Waals surface area contributed by atoms with E-state index in [4.69, 9.17) is 4.74 Å². The number of carbonyl (C=O) groups is 2. The first-order valence-corrected chi connectivity index (χ1v) is 6.81. The molecule has 112 valence electrons. The van der Waals surface area contributed by atoms with Crippen molar-refractivity contribution in [3.8, 4) is 0 Å².